The summed E-state index contributed by atoms with van der Waals surface area (Å²) in [6, 6.07) is 25.1. The summed E-state index contributed by atoms with van der Waals surface area (Å²) in [5.74, 6) is 1.54. The lowest BCUT2D eigenvalue weighted by Crippen LogP contribution is -2.25. The highest BCUT2D eigenvalue weighted by Crippen LogP contribution is 2.42. The van der Waals surface area contributed by atoms with Gasteiger partial charge in [0.2, 0.25) is 0 Å². The smallest absolute Gasteiger partial charge is 0.161 e. The van der Waals surface area contributed by atoms with Crippen molar-refractivity contribution in [3.8, 4) is 22.6 Å². The fourth-order valence-electron chi connectivity index (χ4n) is 3.48. The van der Waals surface area contributed by atoms with Gasteiger partial charge in [0.05, 0.1) is 13.2 Å². The molecule has 0 bridgehead atoms. The van der Waals surface area contributed by atoms with Crippen LogP contribution in [0.4, 0.5) is 0 Å². The van der Waals surface area contributed by atoms with E-state index in [0.29, 0.717) is 6.61 Å². The van der Waals surface area contributed by atoms with Crippen LogP contribution in [0.2, 0.25) is 0 Å². The van der Waals surface area contributed by atoms with Gasteiger partial charge in [0.25, 0.3) is 0 Å². The minimum Gasteiger partial charge on any atom is -0.493 e. The first-order valence-electron chi connectivity index (χ1n) is 8.56. The lowest BCUT2D eigenvalue weighted by molar-refractivity contribution is 0.289. The van der Waals surface area contributed by atoms with Crippen molar-refractivity contribution in [1.82, 2.24) is 5.32 Å². The third kappa shape index (κ3) is 2.99. The van der Waals surface area contributed by atoms with Crippen LogP contribution >= 0.6 is 0 Å². The van der Waals surface area contributed by atoms with Crippen LogP contribution in [0, 0.1) is 0 Å². The maximum atomic E-state index is 5.88. The van der Waals surface area contributed by atoms with E-state index < -0.39 is 0 Å². The Hall–Kier alpha value is -2.78. The van der Waals surface area contributed by atoms with Gasteiger partial charge >= 0.3 is 0 Å². The van der Waals surface area contributed by atoms with Crippen molar-refractivity contribution in [2.45, 2.75) is 6.04 Å². The lowest BCUT2D eigenvalue weighted by atomic mass is 10.1. The number of methoxy groups -OCH3 is 1. The zero-order chi connectivity index (χ0) is 17.1. The number of fused-ring (bicyclic) bond motifs is 3. The second-order valence-electron chi connectivity index (χ2n) is 6.06. The fraction of sp³-hybridized carbons (Fsp3) is 0.182. The number of ether oxygens (including phenoxy) is 2. The summed E-state index contributed by atoms with van der Waals surface area (Å²) >= 11 is 0. The van der Waals surface area contributed by atoms with Gasteiger partial charge < -0.3 is 14.8 Å². The molecule has 126 valence electrons. The van der Waals surface area contributed by atoms with Crippen LogP contribution in [0.15, 0.2) is 72.8 Å². The minimum absolute atomic E-state index is 0.216. The molecule has 0 unspecified atom stereocenters. The molecule has 0 saturated carbocycles. The third-order valence-corrected chi connectivity index (χ3v) is 4.61. The molecule has 3 aromatic carbocycles. The second-order valence-corrected chi connectivity index (χ2v) is 6.06. The van der Waals surface area contributed by atoms with Crippen LogP contribution in [-0.2, 0) is 0 Å². The van der Waals surface area contributed by atoms with E-state index in [1.165, 1.54) is 22.3 Å². The number of hydrogen-bond donors (Lipinski definition) is 1. The minimum atomic E-state index is 0.216. The molecule has 3 nitrogen and oxygen atoms in total. The van der Waals surface area contributed by atoms with E-state index in [2.05, 4.69) is 53.8 Å². The standard InChI is InChI=1S/C22H21NO2/c1-24-20-12-6-7-13-21(20)25-15-14-23-22-18-10-4-2-8-16(18)17-9-3-5-11-19(17)22/h2-13,22-23H,14-15H2,1H3. The molecule has 0 fully saturated rings. The largest absolute Gasteiger partial charge is 0.493 e. The van der Waals surface area contributed by atoms with Crippen molar-refractivity contribution in [2.24, 2.45) is 0 Å². The van der Waals surface area contributed by atoms with Gasteiger partial charge in [-0.25, -0.2) is 0 Å². The van der Waals surface area contributed by atoms with Gasteiger partial charge in [-0.1, -0.05) is 60.7 Å². The molecule has 1 aliphatic rings. The van der Waals surface area contributed by atoms with E-state index in [1.807, 2.05) is 24.3 Å². The van der Waals surface area contributed by atoms with Crippen molar-refractivity contribution < 1.29 is 9.47 Å². The summed E-state index contributed by atoms with van der Waals surface area (Å²) in [6.07, 6.45) is 0. The number of para-hydroxylation sites is 2. The summed E-state index contributed by atoms with van der Waals surface area (Å²) in [5, 5.41) is 3.64. The van der Waals surface area contributed by atoms with Gasteiger partial charge in [0.15, 0.2) is 11.5 Å². The first-order chi connectivity index (χ1) is 12.4. The molecular formula is C22H21NO2. The number of rotatable bonds is 6. The Morgan fingerprint density at radius 1 is 0.760 bits per heavy atom. The van der Waals surface area contributed by atoms with Crippen molar-refractivity contribution in [2.75, 3.05) is 20.3 Å². The maximum absolute atomic E-state index is 5.88. The van der Waals surface area contributed by atoms with Crippen molar-refractivity contribution >= 4 is 0 Å². The predicted octanol–water partition coefficient (Wildman–Crippen LogP) is 4.43. The predicted molar refractivity (Wildman–Crippen MR) is 100 cm³/mol. The van der Waals surface area contributed by atoms with Gasteiger partial charge in [-0.05, 0) is 34.4 Å². The SMILES string of the molecule is COc1ccccc1OCCNC1c2ccccc2-c2ccccc21. The molecule has 0 saturated heterocycles. The molecule has 1 aliphatic carbocycles. The van der Waals surface area contributed by atoms with Crippen LogP contribution in [0.1, 0.15) is 17.2 Å². The molecule has 0 aromatic heterocycles. The molecule has 1 N–H and O–H groups in total. The van der Waals surface area contributed by atoms with Crippen molar-refractivity contribution in [1.29, 1.82) is 0 Å². The number of hydrogen-bond acceptors (Lipinski definition) is 3. The molecule has 25 heavy (non-hydrogen) atoms. The fourth-order valence-corrected chi connectivity index (χ4v) is 3.48. The molecule has 3 aromatic rings. The van der Waals surface area contributed by atoms with Gasteiger partial charge in [-0.3, -0.25) is 0 Å². The van der Waals surface area contributed by atoms with Crippen LogP contribution in [0.25, 0.3) is 11.1 Å². The number of nitrogens with one attached hydrogen (secondary N) is 1. The third-order valence-electron chi connectivity index (χ3n) is 4.61. The van der Waals surface area contributed by atoms with Crippen LogP contribution in [-0.4, -0.2) is 20.3 Å². The average Bonchev–Trinajstić information content (AvgIpc) is 3.00. The van der Waals surface area contributed by atoms with E-state index in [-0.39, 0.29) is 6.04 Å². The van der Waals surface area contributed by atoms with Crippen LogP contribution in [0.3, 0.4) is 0 Å². The van der Waals surface area contributed by atoms with Crippen LogP contribution in [0.5, 0.6) is 11.5 Å². The molecule has 0 amide bonds. The first kappa shape index (κ1) is 15.7. The lowest BCUT2D eigenvalue weighted by Gasteiger charge is -2.16. The molecule has 0 radical (unpaired) electrons. The Labute approximate surface area is 148 Å². The molecule has 0 atom stereocenters. The van der Waals surface area contributed by atoms with Gasteiger partial charge in [-0.2, -0.15) is 0 Å². The van der Waals surface area contributed by atoms with E-state index >= 15 is 0 Å². The van der Waals surface area contributed by atoms with Gasteiger partial charge in [-0.15, -0.1) is 0 Å². The van der Waals surface area contributed by atoms with E-state index in [9.17, 15) is 0 Å². The molecule has 0 heterocycles. The zero-order valence-electron chi connectivity index (χ0n) is 14.2. The van der Waals surface area contributed by atoms with Crippen molar-refractivity contribution in [3.63, 3.8) is 0 Å². The van der Waals surface area contributed by atoms with E-state index in [4.69, 9.17) is 9.47 Å². The first-order valence-corrected chi connectivity index (χ1v) is 8.56. The van der Waals surface area contributed by atoms with E-state index in [0.717, 1.165) is 18.0 Å². The topological polar surface area (TPSA) is 30.5 Å². The second kappa shape index (κ2) is 6.99. The van der Waals surface area contributed by atoms with Crippen LogP contribution < -0.4 is 14.8 Å². The highest BCUT2D eigenvalue weighted by atomic mass is 16.5. The molecule has 3 heteroatoms. The summed E-state index contributed by atoms with van der Waals surface area (Å²) in [6.45, 7) is 1.34. The molecule has 4 rings (SSSR count). The average molecular weight is 331 g/mol. The monoisotopic (exact) mass is 331 g/mol. The molecule has 0 aliphatic heterocycles. The normalized spacial score (nSPS) is 12.5. The zero-order valence-corrected chi connectivity index (χ0v) is 14.2. The number of benzene rings is 3. The summed E-state index contributed by atoms with van der Waals surface area (Å²) in [5.41, 5.74) is 5.31. The maximum Gasteiger partial charge on any atom is 0.161 e. The summed E-state index contributed by atoms with van der Waals surface area (Å²) in [7, 11) is 1.66. The van der Waals surface area contributed by atoms with Gasteiger partial charge in [0.1, 0.15) is 6.61 Å². The van der Waals surface area contributed by atoms with Gasteiger partial charge in [0, 0.05) is 6.54 Å². The Kier molecular flexibility index (Phi) is 4.40. The van der Waals surface area contributed by atoms with E-state index in [1.54, 1.807) is 7.11 Å². The quantitative estimate of drug-likeness (QED) is 0.678. The Morgan fingerprint density at radius 3 is 1.96 bits per heavy atom. The molecular weight excluding hydrogens is 310 g/mol. The van der Waals surface area contributed by atoms with Crippen molar-refractivity contribution in [3.05, 3.63) is 83.9 Å². The Balaban J connectivity index is 1.45. The molecule has 0 spiro atoms. The highest BCUT2D eigenvalue weighted by Gasteiger charge is 2.27. The summed E-state index contributed by atoms with van der Waals surface area (Å²) < 4.78 is 11.2. The highest BCUT2D eigenvalue weighted by molar-refractivity contribution is 5.78. The Morgan fingerprint density at radius 2 is 1.32 bits per heavy atom. The Bertz CT molecular complexity index is 830. The summed E-state index contributed by atoms with van der Waals surface area (Å²) in [4.78, 5) is 0.